The van der Waals surface area contributed by atoms with Gasteiger partial charge in [0.1, 0.15) is 5.78 Å². The van der Waals surface area contributed by atoms with E-state index in [1.54, 1.807) is 24.3 Å². The van der Waals surface area contributed by atoms with Gasteiger partial charge in [-0.15, -0.1) is 0 Å². The average molecular weight is 306 g/mol. The third-order valence-electron chi connectivity index (χ3n) is 3.78. The maximum Gasteiger partial charge on any atom is 0.218 e. The largest absolute Gasteiger partial charge is 0.300 e. The highest BCUT2D eigenvalue weighted by Gasteiger charge is 2.30. The van der Waals surface area contributed by atoms with Crippen molar-refractivity contribution < 1.29 is 13.2 Å². The standard InChI is InChI=1S/C15H18N2O3S/c1-12(18)15-3-2-8-17(10-15)21(19,20)11-14-6-4-13(9-16)5-7-14/h4-7,15H,2-3,8,10-11H2,1H3. The summed E-state index contributed by atoms with van der Waals surface area (Å²) in [5.41, 5.74) is 1.16. The molecule has 2 rings (SSSR count). The summed E-state index contributed by atoms with van der Waals surface area (Å²) in [6.07, 6.45) is 1.48. The Labute approximate surface area is 125 Å². The number of ketones is 1. The monoisotopic (exact) mass is 306 g/mol. The van der Waals surface area contributed by atoms with Crippen LogP contribution in [0, 0.1) is 17.2 Å². The molecule has 1 heterocycles. The molecular formula is C15H18N2O3S. The topological polar surface area (TPSA) is 78.2 Å². The molecule has 1 atom stereocenters. The minimum Gasteiger partial charge on any atom is -0.300 e. The van der Waals surface area contributed by atoms with Crippen LogP contribution in [0.15, 0.2) is 24.3 Å². The number of sulfonamides is 1. The Balaban J connectivity index is 2.10. The van der Waals surface area contributed by atoms with Crippen molar-refractivity contribution in [1.82, 2.24) is 4.31 Å². The summed E-state index contributed by atoms with van der Waals surface area (Å²) in [7, 11) is -3.42. The second kappa shape index (κ2) is 6.37. The van der Waals surface area contributed by atoms with Crippen LogP contribution in [-0.2, 0) is 20.6 Å². The number of hydrogen-bond donors (Lipinski definition) is 0. The van der Waals surface area contributed by atoms with Crippen LogP contribution in [0.1, 0.15) is 30.9 Å². The van der Waals surface area contributed by atoms with Crippen LogP contribution >= 0.6 is 0 Å². The second-order valence-electron chi connectivity index (χ2n) is 5.37. The van der Waals surface area contributed by atoms with E-state index in [0.717, 1.165) is 12.8 Å². The highest BCUT2D eigenvalue weighted by atomic mass is 32.2. The lowest BCUT2D eigenvalue weighted by molar-refractivity contribution is -0.121. The number of hydrogen-bond acceptors (Lipinski definition) is 4. The molecule has 6 heteroatoms. The number of Topliss-reactive ketones (excluding diaryl/α,β-unsaturated/α-hetero) is 1. The molecule has 1 aliphatic heterocycles. The van der Waals surface area contributed by atoms with E-state index < -0.39 is 10.0 Å². The molecule has 0 bridgehead atoms. The smallest absolute Gasteiger partial charge is 0.218 e. The van der Waals surface area contributed by atoms with Gasteiger partial charge < -0.3 is 0 Å². The molecule has 0 aliphatic carbocycles. The van der Waals surface area contributed by atoms with Crippen molar-refractivity contribution in [3.8, 4) is 6.07 Å². The molecule has 0 amide bonds. The van der Waals surface area contributed by atoms with E-state index in [0.29, 0.717) is 17.7 Å². The van der Waals surface area contributed by atoms with E-state index in [-0.39, 0.29) is 24.0 Å². The summed E-state index contributed by atoms with van der Waals surface area (Å²) in [6.45, 7) is 2.28. The van der Waals surface area contributed by atoms with Gasteiger partial charge in [-0.25, -0.2) is 12.7 Å². The third kappa shape index (κ3) is 3.90. The second-order valence-corrected chi connectivity index (χ2v) is 7.34. The Bertz CT molecular complexity index is 659. The normalized spacial score (nSPS) is 19.9. The summed E-state index contributed by atoms with van der Waals surface area (Å²) >= 11 is 0. The Morgan fingerprint density at radius 1 is 1.38 bits per heavy atom. The van der Waals surface area contributed by atoms with Gasteiger partial charge in [-0.05, 0) is 37.5 Å². The number of benzene rings is 1. The minimum absolute atomic E-state index is 0.0493. The first-order chi connectivity index (χ1) is 9.92. The van der Waals surface area contributed by atoms with Crippen molar-refractivity contribution in [2.24, 2.45) is 5.92 Å². The SMILES string of the molecule is CC(=O)C1CCCN(S(=O)(=O)Cc2ccc(C#N)cc2)C1. The van der Waals surface area contributed by atoms with E-state index in [2.05, 4.69) is 0 Å². The fourth-order valence-electron chi connectivity index (χ4n) is 2.50. The van der Waals surface area contributed by atoms with Crippen molar-refractivity contribution in [3.05, 3.63) is 35.4 Å². The van der Waals surface area contributed by atoms with Gasteiger partial charge in [0.25, 0.3) is 0 Å². The van der Waals surface area contributed by atoms with Gasteiger partial charge in [-0.1, -0.05) is 12.1 Å². The molecule has 1 aromatic rings. The zero-order valence-electron chi connectivity index (χ0n) is 11.9. The molecule has 112 valence electrons. The first kappa shape index (κ1) is 15.7. The number of nitriles is 1. The lowest BCUT2D eigenvalue weighted by Crippen LogP contribution is -2.42. The van der Waals surface area contributed by atoms with E-state index in [4.69, 9.17) is 5.26 Å². The van der Waals surface area contributed by atoms with Crippen molar-refractivity contribution in [2.45, 2.75) is 25.5 Å². The lowest BCUT2D eigenvalue weighted by atomic mass is 9.96. The van der Waals surface area contributed by atoms with Crippen LogP contribution in [0.3, 0.4) is 0 Å². The van der Waals surface area contributed by atoms with Crippen molar-refractivity contribution in [2.75, 3.05) is 13.1 Å². The minimum atomic E-state index is -3.42. The first-order valence-corrected chi connectivity index (χ1v) is 8.50. The fraction of sp³-hybridized carbons (Fsp3) is 0.467. The van der Waals surface area contributed by atoms with E-state index in [1.807, 2.05) is 6.07 Å². The van der Waals surface area contributed by atoms with Crippen LogP contribution < -0.4 is 0 Å². The number of carbonyl (C=O) groups excluding carboxylic acids is 1. The predicted octanol–water partition coefficient (Wildman–Crippen LogP) is 1.69. The first-order valence-electron chi connectivity index (χ1n) is 6.89. The van der Waals surface area contributed by atoms with Crippen LogP contribution in [-0.4, -0.2) is 31.6 Å². The van der Waals surface area contributed by atoms with Crippen LogP contribution in [0.25, 0.3) is 0 Å². The molecule has 1 aliphatic rings. The van der Waals surface area contributed by atoms with Gasteiger partial charge in [-0.2, -0.15) is 5.26 Å². The fourth-order valence-corrected chi connectivity index (χ4v) is 4.11. The van der Waals surface area contributed by atoms with E-state index in [9.17, 15) is 13.2 Å². The lowest BCUT2D eigenvalue weighted by Gasteiger charge is -2.30. The van der Waals surface area contributed by atoms with Gasteiger partial charge >= 0.3 is 0 Å². The molecule has 0 saturated carbocycles. The summed E-state index contributed by atoms with van der Waals surface area (Å²) in [5, 5.41) is 8.74. The van der Waals surface area contributed by atoms with Gasteiger partial charge in [0, 0.05) is 19.0 Å². The predicted molar refractivity (Wildman–Crippen MR) is 78.8 cm³/mol. The molecule has 21 heavy (non-hydrogen) atoms. The molecule has 0 radical (unpaired) electrons. The molecular weight excluding hydrogens is 288 g/mol. The quantitative estimate of drug-likeness (QED) is 0.848. The number of nitrogens with zero attached hydrogens (tertiary/aromatic N) is 2. The zero-order valence-corrected chi connectivity index (χ0v) is 12.8. The summed E-state index contributed by atoms with van der Waals surface area (Å²) in [5.74, 6) is -0.230. The average Bonchev–Trinajstić information content (AvgIpc) is 2.48. The molecule has 5 nitrogen and oxygen atoms in total. The van der Waals surface area contributed by atoms with Gasteiger partial charge in [0.05, 0.1) is 17.4 Å². The molecule has 1 unspecified atom stereocenters. The molecule has 1 aromatic carbocycles. The summed E-state index contributed by atoms with van der Waals surface area (Å²) in [4.78, 5) is 11.4. The van der Waals surface area contributed by atoms with E-state index in [1.165, 1.54) is 11.2 Å². The zero-order chi connectivity index (χ0) is 15.5. The third-order valence-corrected chi connectivity index (χ3v) is 5.60. The Morgan fingerprint density at radius 3 is 2.62 bits per heavy atom. The molecule has 0 spiro atoms. The Morgan fingerprint density at radius 2 is 2.05 bits per heavy atom. The highest BCUT2D eigenvalue weighted by Crippen LogP contribution is 2.22. The number of carbonyl (C=O) groups is 1. The van der Waals surface area contributed by atoms with E-state index >= 15 is 0 Å². The van der Waals surface area contributed by atoms with Gasteiger partial charge in [0.15, 0.2) is 0 Å². The molecule has 0 N–H and O–H groups in total. The van der Waals surface area contributed by atoms with Crippen LogP contribution in [0.4, 0.5) is 0 Å². The number of rotatable bonds is 4. The van der Waals surface area contributed by atoms with Gasteiger partial charge in [0.2, 0.25) is 10.0 Å². The van der Waals surface area contributed by atoms with Crippen molar-refractivity contribution in [1.29, 1.82) is 5.26 Å². The maximum atomic E-state index is 12.4. The van der Waals surface area contributed by atoms with Gasteiger partial charge in [-0.3, -0.25) is 4.79 Å². The number of piperidine rings is 1. The van der Waals surface area contributed by atoms with Crippen LogP contribution in [0.2, 0.25) is 0 Å². The molecule has 1 saturated heterocycles. The Hall–Kier alpha value is -1.71. The summed E-state index contributed by atoms with van der Waals surface area (Å²) < 4.78 is 26.3. The van der Waals surface area contributed by atoms with Crippen LogP contribution in [0.5, 0.6) is 0 Å². The Kier molecular flexibility index (Phi) is 4.76. The van der Waals surface area contributed by atoms with Crippen molar-refractivity contribution in [3.63, 3.8) is 0 Å². The highest BCUT2D eigenvalue weighted by molar-refractivity contribution is 7.88. The molecule has 1 fully saturated rings. The van der Waals surface area contributed by atoms with Crippen molar-refractivity contribution >= 4 is 15.8 Å². The molecule has 0 aromatic heterocycles. The maximum absolute atomic E-state index is 12.4. The summed E-state index contributed by atoms with van der Waals surface area (Å²) in [6, 6.07) is 8.53.